The zero-order valence-corrected chi connectivity index (χ0v) is 13.8. The van der Waals surface area contributed by atoms with Crippen LogP contribution in [-0.2, 0) is 4.79 Å². The Hall–Kier alpha value is -3.03. The SMILES string of the molecule is CCNC(=O)[C@H]1CCN(c2nccc(-c3cc(C(=O)O)ccn3)n2)C1. The molecule has 130 valence electrons. The van der Waals surface area contributed by atoms with Crippen LogP contribution in [-0.4, -0.2) is 51.6 Å². The van der Waals surface area contributed by atoms with E-state index in [1.807, 2.05) is 11.8 Å². The van der Waals surface area contributed by atoms with Gasteiger partial charge in [-0.05, 0) is 31.5 Å². The van der Waals surface area contributed by atoms with E-state index in [9.17, 15) is 9.59 Å². The van der Waals surface area contributed by atoms with E-state index in [2.05, 4.69) is 20.3 Å². The molecule has 0 unspecified atom stereocenters. The van der Waals surface area contributed by atoms with Crippen LogP contribution < -0.4 is 10.2 Å². The van der Waals surface area contributed by atoms with E-state index in [-0.39, 0.29) is 17.4 Å². The third kappa shape index (κ3) is 3.73. The van der Waals surface area contributed by atoms with Gasteiger partial charge in [0.05, 0.1) is 22.9 Å². The van der Waals surface area contributed by atoms with Crippen molar-refractivity contribution in [1.82, 2.24) is 20.3 Å². The number of pyridine rings is 1. The maximum absolute atomic E-state index is 12.0. The van der Waals surface area contributed by atoms with Crippen molar-refractivity contribution < 1.29 is 14.7 Å². The van der Waals surface area contributed by atoms with E-state index in [1.165, 1.54) is 18.3 Å². The molecule has 0 radical (unpaired) electrons. The van der Waals surface area contributed by atoms with Crippen LogP contribution in [0.4, 0.5) is 5.95 Å². The van der Waals surface area contributed by atoms with Gasteiger partial charge in [-0.25, -0.2) is 14.8 Å². The highest BCUT2D eigenvalue weighted by atomic mass is 16.4. The average Bonchev–Trinajstić information content (AvgIpc) is 3.12. The highest BCUT2D eigenvalue weighted by Gasteiger charge is 2.29. The fourth-order valence-corrected chi connectivity index (χ4v) is 2.82. The third-order valence-electron chi connectivity index (χ3n) is 4.11. The van der Waals surface area contributed by atoms with E-state index in [4.69, 9.17) is 5.11 Å². The Kier molecular flexibility index (Phi) is 4.87. The Balaban J connectivity index is 1.80. The lowest BCUT2D eigenvalue weighted by Gasteiger charge is -2.16. The average molecular weight is 341 g/mol. The van der Waals surface area contributed by atoms with E-state index >= 15 is 0 Å². The van der Waals surface area contributed by atoms with Crippen molar-refractivity contribution in [2.45, 2.75) is 13.3 Å². The smallest absolute Gasteiger partial charge is 0.335 e. The molecule has 0 spiro atoms. The number of carbonyl (C=O) groups excluding carboxylic acids is 1. The predicted molar refractivity (Wildman–Crippen MR) is 91.2 cm³/mol. The molecule has 8 heteroatoms. The Morgan fingerprint density at radius 2 is 2.08 bits per heavy atom. The summed E-state index contributed by atoms with van der Waals surface area (Å²) in [7, 11) is 0. The molecule has 0 aliphatic carbocycles. The van der Waals surface area contributed by atoms with Crippen LogP contribution in [0.15, 0.2) is 30.6 Å². The zero-order chi connectivity index (χ0) is 17.8. The molecule has 0 aromatic carbocycles. The lowest BCUT2D eigenvalue weighted by atomic mass is 10.1. The molecular weight excluding hydrogens is 322 g/mol. The van der Waals surface area contributed by atoms with Gasteiger partial charge >= 0.3 is 5.97 Å². The molecule has 1 fully saturated rings. The third-order valence-corrected chi connectivity index (χ3v) is 4.11. The van der Waals surface area contributed by atoms with Gasteiger partial charge in [0, 0.05) is 32.0 Å². The quantitative estimate of drug-likeness (QED) is 0.841. The number of amides is 1. The molecule has 3 rings (SSSR count). The summed E-state index contributed by atoms with van der Waals surface area (Å²) >= 11 is 0. The lowest BCUT2D eigenvalue weighted by molar-refractivity contribution is -0.124. The van der Waals surface area contributed by atoms with Gasteiger partial charge in [-0.15, -0.1) is 0 Å². The first kappa shape index (κ1) is 16.8. The Morgan fingerprint density at radius 3 is 2.84 bits per heavy atom. The molecule has 2 aromatic heterocycles. The molecule has 1 amide bonds. The number of rotatable bonds is 5. The van der Waals surface area contributed by atoms with Crippen molar-refractivity contribution in [2.24, 2.45) is 5.92 Å². The number of carbonyl (C=O) groups is 2. The number of nitrogens with one attached hydrogen (secondary N) is 1. The van der Waals surface area contributed by atoms with Crippen LogP contribution in [0, 0.1) is 5.92 Å². The summed E-state index contributed by atoms with van der Waals surface area (Å²) in [6.45, 7) is 3.79. The maximum Gasteiger partial charge on any atom is 0.335 e. The monoisotopic (exact) mass is 341 g/mol. The molecule has 1 saturated heterocycles. The van der Waals surface area contributed by atoms with Crippen molar-refractivity contribution in [3.63, 3.8) is 0 Å². The van der Waals surface area contributed by atoms with Crippen LogP contribution >= 0.6 is 0 Å². The lowest BCUT2D eigenvalue weighted by Crippen LogP contribution is -2.32. The summed E-state index contributed by atoms with van der Waals surface area (Å²) in [5, 5.41) is 11.9. The van der Waals surface area contributed by atoms with Gasteiger partial charge in [0.15, 0.2) is 0 Å². The van der Waals surface area contributed by atoms with Gasteiger partial charge in [0.25, 0.3) is 0 Å². The van der Waals surface area contributed by atoms with Gasteiger partial charge in [-0.1, -0.05) is 0 Å². The van der Waals surface area contributed by atoms with Crippen LogP contribution in [0.3, 0.4) is 0 Å². The summed E-state index contributed by atoms with van der Waals surface area (Å²) in [4.78, 5) is 38.0. The second kappa shape index (κ2) is 7.25. The zero-order valence-electron chi connectivity index (χ0n) is 13.8. The first-order valence-electron chi connectivity index (χ1n) is 8.14. The van der Waals surface area contributed by atoms with Gasteiger partial charge in [0.2, 0.25) is 11.9 Å². The van der Waals surface area contributed by atoms with Crippen molar-refractivity contribution in [3.8, 4) is 11.4 Å². The predicted octanol–water partition coefficient (Wildman–Crippen LogP) is 1.20. The Bertz CT molecular complexity index is 795. The van der Waals surface area contributed by atoms with Crippen LogP contribution in [0.1, 0.15) is 23.7 Å². The molecule has 1 aliphatic rings. The minimum absolute atomic E-state index is 0.0528. The molecule has 25 heavy (non-hydrogen) atoms. The number of hydrogen-bond donors (Lipinski definition) is 2. The molecule has 3 heterocycles. The minimum Gasteiger partial charge on any atom is -0.478 e. The molecule has 2 N–H and O–H groups in total. The topological polar surface area (TPSA) is 108 Å². The number of hydrogen-bond acceptors (Lipinski definition) is 6. The largest absolute Gasteiger partial charge is 0.478 e. The first-order valence-corrected chi connectivity index (χ1v) is 8.14. The molecular formula is C17H19N5O3. The molecule has 8 nitrogen and oxygen atoms in total. The first-order chi connectivity index (χ1) is 12.1. The number of nitrogens with zero attached hydrogens (tertiary/aromatic N) is 4. The van der Waals surface area contributed by atoms with Crippen molar-refractivity contribution in [3.05, 3.63) is 36.2 Å². The number of anilines is 1. The second-order valence-electron chi connectivity index (χ2n) is 5.80. The summed E-state index contributed by atoms with van der Waals surface area (Å²) < 4.78 is 0. The van der Waals surface area contributed by atoms with Gasteiger partial charge in [-0.3, -0.25) is 9.78 Å². The molecule has 0 bridgehead atoms. The summed E-state index contributed by atoms with van der Waals surface area (Å²) in [6.07, 6.45) is 3.82. The van der Waals surface area contributed by atoms with Crippen LogP contribution in [0.25, 0.3) is 11.4 Å². The summed E-state index contributed by atoms with van der Waals surface area (Å²) in [5.41, 5.74) is 1.18. The van der Waals surface area contributed by atoms with Gasteiger partial charge in [-0.2, -0.15) is 0 Å². The van der Waals surface area contributed by atoms with Crippen LogP contribution in [0.2, 0.25) is 0 Å². The van der Waals surface area contributed by atoms with Crippen molar-refractivity contribution >= 4 is 17.8 Å². The second-order valence-corrected chi connectivity index (χ2v) is 5.80. The molecule has 2 aromatic rings. The highest BCUT2D eigenvalue weighted by molar-refractivity contribution is 5.88. The fourth-order valence-electron chi connectivity index (χ4n) is 2.82. The van der Waals surface area contributed by atoms with Gasteiger partial charge < -0.3 is 15.3 Å². The van der Waals surface area contributed by atoms with E-state index in [1.54, 1.807) is 12.3 Å². The van der Waals surface area contributed by atoms with Crippen LogP contribution in [0.5, 0.6) is 0 Å². The number of carboxylic acids is 1. The molecule has 0 saturated carbocycles. The maximum atomic E-state index is 12.0. The highest BCUT2D eigenvalue weighted by Crippen LogP contribution is 2.23. The minimum atomic E-state index is -1.01. The standard InChI is InChI=1S/C17H19N5O3/c1-2-18-15(23)12-5-8-22(10-12)17-20-7-4-13(21-17)14-9-11(16(24)25)3-6-19-14/h3-4,6-7,9,12H,2,5,8,10H2,1H3,(H,18,23)(H,24,25)/t12-/m0/s1. The number of carboxylic acid groups (broad SMARTS) is 1. The summed E-state index contributed by atoms with van der Waals surface area (Å²) in [6, 6.07) is 4.61. The number of aromatic carboxylic acids is 1. The normalized spacial score (nSPS) is 16.7. The Labute approximate surface area is 144 Å². The van der Waals surface area contributed by atoms with Crippen molar-refractivity contribution in [2.75, 3.05) is 24.5 Å². The Morgan fingerprint density at radius 1 is 1.28 bits per heavy atom. The van der Waals surface area contributed by atoms with Crippen molar-refractivity contribution in [1.29, 1.82) is 0 Å². The molecule has 1 atom stereocenters. The van der Waals surface area contributed by atoms with Gasteiger partial charge in [0.1, 0.15) is 0 Å². The summed E-state index contributed by atoms with van der Waals surface area (Å²) in [5.74, 6) is -0.508. The van der Waals surface area contributed by atoms with E-state index in [0.29, 0.717) is 37.0 Å². The van der Waals surface area contributed by atoms with E-state index in [0.717, 1.165) is 6.42 Å². The molecule has 1 aliphatic heterocycles. The fraction of sp³-hybridized carbons (Fsp3) is 0.353. The van der Waals surface area contributed by atoms with E-state index < -0.39 is 5.97 Å². The number of aromatic nitrogens is 3.